The van der Waals surface area contributed by atoms with Gasteiger partial charge in [-0.2, -0.15) is 9.97 Å². The molecule has 0 saturated carbocycles. The molecule has 2 aromatic carbocycles. The first-order valence-electron chi connectivity index (χ1n) is 10.3. The quantitative estimate of drug-likeness (QED) is 0.616. The van der Waals surface area contributed by atoms with Gasteiger partial charge in [-0.15, -0.1) is 0 Å². The summed E-state index contributed by atoms with van der Waals surface area (Å²) in [5.41, 5.74) is 10.1. The van der Waals surface area contributed by atoms with E-state index in [0.717, 1.165) is 59.2 Å². The van der Waals surface area contributed by atoms with Gasteiger partial charge in [0, 0.05) is 34.9 Å². The molecule has 3 aromatic rings. The molecule has 3 heterocycles. The summed E-state index contributed by atoms with van der Waals surface area (Å²) < 4.78 is 5.85. The number of fused-ring (bicyclic) bond motifs is 2. The van der Waals surface area contributed by atoms with Gasteiger partial charge in [-0.05, 0) is 30.7 Å². The molecule has 1 fully saturated rings. The number of phenolic OH excluding ortho intramolecular Hbond substituents is 1. The minimum Gasteiger partial charge on any atom is -0.508 e. The highest BCUT2D eigenvalue weighted by atomic mass is 16.5. The Morgan fingerprint density at radius 1 is 1.23 bits per heavy atom. The molecule has 0 spiro atoms. The average Bonchev–Trinajstić information content (AvgIpc) is 3.16. The molecule has 1 saturated heterocycles. The summed E-state index contributed by atoms with van der Waals surface area (Å²) in [5.74, 6) is 0.741. The highest BCUT2D eigenvalue weighted by Crippen LogP contribution is 2.35. The lowest BCUT2D eigenvalue weighted by atomic mass is 10.0. The summed E-state index contributed by atoms with van der Waals surface area (Å²) in [6, 6.07) is 12.2. The second kappa shape index (κ2) is 7.40. The minimum atomic E-state index is 0.230. The third kappa shape index (κ3) is 3.47. The van der Waals surface area contributed by atoms with Crippen molar-refractivity contribution in [3.05, 3.63) is 59.9 Å². The summed E-state index contributed by atoms with van der Waals surface area (Å²) in [6.07, 6.45) is 2.71. The molecule has 154 valence electrons. The highest BCUT2D eigenvalue weighted by Gasteiger charge is 2.24. The first-order valence-corrected chi connectivity index (χ1v) is 10.3. The van der Waals surface area contributed by atoms with Gasteiger partial charge in [-0.3, -0.25) is 0 Å². The number of hydrogen-bond acceptors (Lipinski definition) is 7. The highest BCUT2D eigenvalue weighted by molar-refractivity contribution is 5.95. The van der Waals surface area contributed by atoms with Crippen molar-refractivity contribution < 1.29 is 9.84 Å². The topological polar surface area (TPSA) is 96.5 Å². The van der Waals surface area contributed by atoms with Crippen LogP contribution in [0.15, 0.2) is 48.7 Å². The van der Waals surface area contributed by atoms with E-state index in [1.807, 2.05) is 24.3 Å². The van der Waals surface area contributed by atoms with Gasteiger partial charge in [-0.1, -0.05) is 30.8 Å². The summed E-state index contributed by atoms with van der Waals surface area (Å²) >= 11 is 0. The number of hydrogen-bond donors (Lipinski definition) is 3. The molecule has 2 aliphatic heterocycles. The van der Waals surface area contributed by atoms with E-state index in [1.165, 1.54) is 0 Å². The zero-order valence-corrected chi connectivity index (χ0v) is 16.8. The number of benzene rings is 2. The Morgan fingerprint density at radius 3 is 2.93 bits per heavy atom. The van der Waals surface area contributed by atoms with Crippen molar-refractivity contribution in [1.29, 1.82) is 0 Å². The minimum absolute atomic E-state index is 0.230. The van der Waals surface area contributed by atoms with Crippen molar-refractivity contribution in [1.82, 2.24) is 15.3 Å². The van der Waals surface area contributed by atoms with Gasteiger partial charge in [-0.25, -0.2) is 0 Å². The number of aromatic nitrogens is 2. The second-order valence-electron chi connectivity index (χ2n) is 7.97. The van der Waals surface area contributed by atoms with Gasteiger partial charge in [0.25, 0.3) is 0 Å². The monoisotopic (exact) mass is 403 g/mol. The molecule has 0 aliphatic carbocycles. The van der Waals surface area contributed by atoms with Crippen LogP contribution in [0.3, 0.4) is 0 Å². The molecule has 0 unspecified atom stereocenters. The van der Waals surface area contributed by atoms with Gasteiger partial charge in [0.05, 0.1) is 18.3 Å². The van der Waals surface area contributed by atoms with Gasteiger partial charge < -0.3 is 25.8 Å². The summed E-state index contributed by atoms with van der Waals surface area (Å²) in [6.45, 7) is 5.81. The van der Waals surface area contributed by atoms with Crippen molar-refractivity contribution in [2.24, 2.45) is 0 Å². The molecule has 7 nitrogen and oxygen atoms in total. The van der Waals surface area contributed by atoms with E-state index in [-0.39, 0.29) is 11.8 Å². The predicted molar refractivity (Wildman–Crippen MR) is 118 cm³/mol. The lowest BCUT2D eigenvalue weighted by Crippen LogP contribution is -2.32. The first-order chi connectivity index (χ1) is 14.6. The van der Waals surface area contributed by atoms with Crippen molar-refractivity contribution in [3.63, 3.8) is 0 Å². The predicted octanol–water partition coefficient (Wildman–Crippen LogP) is 3.12. The number of allylic oxidation sites excluding steroid dienone is 1. The van der Waals surface area contributed by atoms with Crippen LogP contribution in [0.1, 0.15) is 24.1 Å². The molecule has 7 heteroatoms. The van der Waals surface area contributed by atoms with Gasteiger partial charge in [0.2, 0.25) is 0 Å². The largest absolute Gasteiger partial charge is 0.508 e. The molecule has 5 rings (SSSR count). The molecular weight excluding hydrogens is 378 g/mol. The van der Waals surface area contributed by atoms with Crippen LogP contribution in [-0.4, -0.2) is 34.3 Å². The van der Waals surface area contributed by atoms with Crippen LogP contribution in [-0.2, 0) is 13.0 Å². The Bertz CT molecular complexity index is 1130. The van der Waals surface area contributed by atoms with Gasteiger partial charge >= 0.3 is 6.01 Å². The van der Waals surface area contributed by atoms with Crippen LogP contribution in [0, 0.1) is 0 Å². The number of anilines is 2. The number of phenols is 1. The van der Waals surface area contributed by atoms with E-state index in [1.54, 1.807) is 6.07 Å². The van der Waals surface area contributed by atoms with E-state index in [0.29, 0.717) is 25.0 Å². The molecular formula is C23H25N5O2. The number of rotatable bonds is 4. The number of nitrogens with one attached hydrogen (secondary N) is 1. The van der Waals surface area contributed by atoms with Crippen molar-refractivity contribution in [2.75, 3.05) is 23.8 Å². The number of nitrogens with zero attached hydrogens (tertiary/aromatic N) is 3. The maximum absolute atomic E-state index is 10.2. The van der Waals surface area contributed by atoms with Crippen LogP contribution in [0.25, 0.3) is 10.8 Å². The van der Waals surface area contributed by atoms with Crippen LogP contribution in [0.5, 0.6) is 11.8 Å². The number of aromatic hydroxyl groups is 1. The molecule has 4 N–H and O–H groups in total. The Labute approximate surface area is 175 Å². The van der Waals surface area contributed by atoms with Crippen molar-refractivity contribution in [3.8, 4) is 11.8 Å². The summed E-state index contributed by atoms with van der Waals surface area (Å²) in [5, 5.41) is 15.6. The molecule has 1 aromatic heterocycles. The van der Waals surface area contributed by atoms with Gasteiger partial charge in [0.15, 0.2) is 0 Å². The lowest BCUT2D eigenvalue weighted by Gasteiger charge is -2.31. The molecule has 0 radical (unpaired) electrons. The third-order valence-corrected chi connectivity index (χ3v) is 5.86. The van der Waals surface area contributed by atoms with E-state index in [4.69, 9.17) is 10.5 Å². The van der Waals surface area contributed by atoms with Crippen molar-refractivity contribution in [2.45, 2.75) is 31.8 Å². The lowest BCUT2D eigenvalue weighted by molar-refractivity contribution is 0.258. The Balaban J connectivity index is 1.41. The zero-order chi connectivity index (χ0) is 20.7. The van der Waals surface area contributed by atoms with Crippen LogP contribution in [0.4, 0.5) is 11.5 Å². The van der Waals surface area contributed by atoms with Crippen LogP contribution >= 0.6 is 0 Å². The smallest absolute Gasteiger partial charge is 0.318 e. The number of ether oxygens (including phenoxy) is 1. The number of nitrogens with two attached hydrogens (primary N) is 1. The SMILES string of the molecule is C=C1CC[C@@H](COc2nc(N)c3c(n2)CN(c2cc(O)cc4ccccc24)CC3)N1. The molecule has 0 amide bonds. The Hall–Kier alpha value is -3.48. The fourth-order valence-corrected chi connectivity index (χ4v) is 4.32. The first kappa shape index (κ1) is 18.5. The van der Waals surface area contributed by atoms with E-state index >= 15 is 0 Å². The second-order valence-corrected chi connectivity index (χ2v) is 7.97. The maximum Gasteiger partial charge on any atom is 0.318 e. The van der Waals surface area contributed by atoms with E-state index in [9.17, 15) is 5.11 Å². The Morgan fingerprint density at radius 2 is 2.10 bits per heavy atom. The van der Waals surface area contributed by atoms with Crippen LogP contribution < -0.4 is 20.7 Å². The molecule has 2 aliphatic rings. The van der Waals surface area contributed by atoms with Gasteiger partial charge in [0.1, 0.15) is 18.2 Å². The standard InChI is InChI=1S/C23H25N5O2/c1-14-6-7-16(25-14)13-30-23-26-20-12-28(9-8-19(20)22(24)27-23)21-11-17(29)10-15-4-2-3-5-18(15)21/h2-5,10-11,16,25,29H,1,6-9,12-13H2,(H2,24,26,27)/t16-/m0/s1. The fraction of sp³-hybridized carbons (Fsp3) is 0.304. The summed E-state index contributed by atoms with van der Waals surface area (Å²) in [7, 11) is 0. The van der Waals surface area contributed by atoms with E-state index in [2.05, 4.69) is 32.8 Å². The zero-order valence-electron chi connectivity index (χ0n) is 16.8. The van der Waals surface area contributed by atoms with Crippen molar-refractivity contribution >= 4 is 22.3 Å². The average molecular weight is 403 g/mol. The Kier molecular flexibility index (Phi) is 4.58. The van der Waals surface area contributed by atoms with E-state index < -0.39 is 0 Å². The molecule has 30 heavy (non-hydrogen) atoms. The molecule has 0 bridgehead atoms. The normalized spacial score (nSPS) is 18.3. The maximum atomic E-state index is 10.2. The summed E-state index contributed by atoms with van der Waals surface area (Å²) in [4.78, 5) is 11.3. The third-order valence-electron chi connectivity index (χ3n) is 5.86. The van der Waals surface area contributed by atoms with Crippen LogP contribution in [0.2, 0.25) is 0 Å². The molecule has 1 atom stereocenters. The number of nitrogen functional groups attached to an aromatic ring is 1. The fourth-order valence-electron chi connectivity index (χ4n) is 4.32.